The van der Waals surface area contributed by atoms with Crippen molar-refractivity contribution in [3.63, 3.8) is 0 Å². The van der Waals surface area contributed by atoms with Crippen molar-refractivity contribution < 1.29 is 4.74 Å². The van der Waals surface area contributed by atoms with Crippen LogP contribution in [0.5, 0.6) is 5.75 Å². The Bertz CT molecular complexity index is 728. The number of fused-ring (bicyclic) bond motifs is 2. The van der Waals surface area contributed by atoms with Crippen LogP contribution in [0.2, 0.25) is 0 Å². The summed E-state index contributed by atoms with van der Waals surface area (Å²) in [6.07, 6.45) is 9.03. The number of methoxy groups -OCH3 is 1. The number of hydrogen-bond acceptors (Lipinski definition) is 4. The number of guanidine groups is 1. The molecule has 0 saturated carbocycles. The molecule has 0 radical (unpaired) electrons. The fourth-order valence-corrected chi connectivity index (χ4v) is 6.15. The van der Waals surface area contributed by atoms with Gasteiger partial charge in [-0.3, -0.25) is 9.89 Å². The van der Waals surface area contributed by atoms with Crippen LogP contribution >= 0.6 is 24.0 Å². The molecule has 0 amide bonds. The number of nitrogens with zero attached hydrogens (tertiary/aromatic N) is 3. The third-order valence-electron chi connectivity index (χ3n) is 7.90. The molecule has 180 valence electrons. The quantitative estimate of drug-likeness (QED) is 0.328. The SMILES string of the molecule is CN=C(NCC1CCCN(C)C1c1ccc(OC)cc1)NC1CC2CCCC(C1)N2C.I. The van der Waals surface area contributed by atoms with E-state index in [1.54, 1.807) is 7.11 Å². The molecule has 4 unspecified atom stereocenters. The number of piperidine rings is 3. The van der Waals surface area contributed by atoms with Crippen LogP contribution in [-0.4, -0.2) is 75.2 Å². The largest absolute Gasteiger partial charge is 0.497 e. The summed E-state index contributed by atoms with van der Waals surface area (Å²) in [7, 11) is 8.20. The fourth-order valence-electron chi connectivity index (χ4n) is 6.15. The molecule has 4 atom stereocenters. The summed E-state index contributed by atoms with van der Waals surface area (Å²) in [5, 5.41) is 7.44. The van der Waals surface area contributed by atoms with Gasteiger partial charge in [0.2, 0.25) is 0 Å². The average molecular weight is 556 g/mol. The van der Waals surface area contributed by atoms with Crippen molar-refractivity contribution in [2.24, 2.45) is 10.9 Å². The van der Waals surface area contributed by atoms with Gasteiger partial charge in [-0.05, 0) is 82.8 Å². The highest BCUT2D eigenvalue weighted by molar-refractivity contribution is 14.0. The molecular weight excluding hydrogens is 513 g/mol. The van der Waals surface area contributed by atoms with Crippen LogP contribution in [0, 0.1) is 5.92 Å². The van der Waals surface area contributed by atoms with Crippen molar-refractivity contribution >= 4 is 29.9 Å². The van der Waals surface area contributed by atoms with Crippen LogP contribution in [-0.2, 0) is 0 Å². The molecule has 0 aromatic heterocycles. The van der Waals surface area contributed by atoms with E-state index in [1.807, 2.05) is 7.05 Å². The molecule has 2 bridgehead atoms. The highest BCUT2D eigenvalue weighted by Crippen LogP contribution is 2.35. The second-order valence-electron chi connectivity index (χ2n) is 9.77. The van der Waals surface area contributed by atoms with Gasteiger partial charge in [0, 0.05) is 37.8 Å². The first-order valence-electron chi connectivity index (χ1n) is 12.1. The molecule has 1 aromatic rings. The predicted molar refractivity (Wildman–Crippen MR) is 143 cm³/mol. The highest BCUT2D eigenvalue weighted by Gasteiger charge is 2.36. The highest BCUT2D eigenvalue weighted by atomic mass is 127. The van der Waals surface area contributed by atoms with Crippen molar-refractivity contribution in [1.82, 2.24) is 20.4 Å². The number of rotatable bonds is 5. The summed E-state index contributed by atoms with van der Waals surface area (Å²) in [5.74, 6) is 2.45. The van der Waals surface area contributed by atoms with E-state index < -0.39 is 0 Å². The Hall–Kier alpha value is -1.06. The van der Waals surface area contributed by atoms with Gasteiger partial charge in [-0.15, -0.1) is 24.0 Å². The Morgan fingerprint density at radius 1 is 1.06 bits per heavy atom. The van der Waals surface area contributed by atoms with E-state index in [0.29, 0.717) is 18.0 Å². The van der Waals surface area contributed by atoms with Crippen molar-refractivity contribution in [1.29, 1.82) is 0 Å². The van der Waals surface area contributed by atoms with Crippen LogP contribution in [0.15, 0.2) is 29.3 Å². The van der Waals surface area contributed by atoms with E-state index in [9.17, 15) is 0 Å². The van der Waals surface area contributed by atoms with Gasteiger partial charge in [0.1, 0.15) is 5.75 Å². The molecule has 3 heterocycles. The van der Waals surface area contributed by atoms with Crippen molar-refractivity contribution in [2.45, 2.75) is 69.1 Å². The van der Waals surface area contributed by atoms with Crippen LogP contribution in [0.4, 0.5) is 0 Å². The smallest absolute Gasteiger partial charge is 0.191 e. The number of ether oxygens (including phenoxy) is 1. The average Bonchev–Trinajstić information content (AvgIpc) is 2.77. The molecule has 3 saturated heterocycles. The number of benzene rings is 1. The van der Waals surface area contributed by atoms with Crippen LogP contribution in [0.1, 0.15) is 56.6 Å². The maximum absolute atomic E-state index is 5.36. The second kappa shape index (κ2) is 11.9. The Kier molecular flexibility index (Phi) is 9.49. The lowest BCUT2D eigenvalue weighted by Gasteiger charge is -2.47. The number of hydrogen-bond donors (Lipinski definition) is 2. The molecule has 2 N–H and O–H groups in total. The van der Waals surface area contributed by atoms with Gasteiger partial charge in [0.05, 0.1) is 7.11 Å². The second-order valence-corrected chi connectivity index (χ2v) is 9.77. The van der Waals surface area contributed by atoms with E-state index in [1.165, 1.54) is 50.5 Å². The van der Waals surface area contributed by atoms with E-state index in [-0.39, 0.29) is 24.0 Å². The molecule has 7 heteroatoms. The van der Waals surface area contributed by atoms with E-state index in [0.717, 1.165) is 36.9 Å². The maximum atomic E-state index is 5.36. The first-order chi connectivity index (χ1) is 15.1. The molecule has 0 spiro atoms. The van der Waals surface area contributed by atoms with Crippen LogP contribution in [0.25, 0.3) is 0 Å². The summed E-state index contributed by atoms with van der Waals surface area (Å²) in [5.41, 5.74) is 1.38. The Balaban J connectivity index is 0.00000289. The number of nitrogens with one attached hydrogen (secondary N) is 2. The molecule has 6 nitrogen and oxygen atoms in total. The number of likely N-dealkylation sites (tertiary alicyclic amines) is 1. The Morgan fingerprint density at radius 2 is 1.75 bits per heavy atom. The number of aliphatic imine (C=N–C) groups is 1. The third kappa shape index (κ3) is 5.89. The van der Waals surface area contributed by atoms with Crippen molar-refractivity contribution in [2.75, 3.05) is 41.3 Å². The minimum atomic E-state index is 0. The zero-order chi connectivity index (χ0) is 21.8. The normalized spacial score (nSPS) is 31.5. The first kappa shape index (κ1) is 25.6. The van der Waals surface area contributed by atoms with Gasteiger partial charge in [-0.2, -0.15) is 0 Å². The van der Waals surface area contributed by atoms with E-state index >= 15 is 0 Å². The molecule has 1 aromatic carbocycles. The lowest BCUT2D eigenvalue weighted by molar-refractivity contribution is 0.0525. The Labute approximate surface area is 211 Å². The topological polar surface area (TPSA) is 52.1 Å². The minimum Gasteiger partial charge on any atom is -0.497 e. The van der Waals surface area contributed by atoms with E-state index in [2.05, 4.69) is 63.8 Å². The van der Waals surface area contributed by atoms with Gasteiger partial charge < -0.3 is 20.3 Å². The molecule has 3 fully saturated rings. The van der Waals surface area contributed by atoms with Gasteiger partial charge in [0.25, 0.3) is 0 Å². The molecule has 4 rings (SSSR count). The molecule has 3 aliphatic heterocycles. The molecule has 3 aliphatic rings. The predicted octanol–water partition coefficient (Wildman–Crippen LogP) is 3.88. The lowest BCUT2D eigenvalue weighted by atomic mass is 9.82. The molecular formula is C25H42IN5O. The summed E-state index contributed by atoms with van der Waals surface area (Å²) in [6, 6.07) is 11.0. The van der Waals surface area contributed by atoms with Crippen LogP contribution < -0.4 is 15.4 Å². The summed E-state index contributed by atoms with van der Waals surface area (Å²) < 4.78 is 5.36. The number of halogens is 1. The van der Waals surface area contributed by atoms with Crippen LogP contribution in [0.3, 0.4) is 0 Å². The van der Waals surface area contributed by atoms with Gasteiger partial charge in [-0.25, -0.2) is 0 Å². The third-order valence-corrected chi connectivity index (χ3v) is 7.90. The summed E-state index contributed by atoms with van der Waals surface area (Å²) >= 11 is 0. The van der Waals surface area contributed by atoms with E-state index in [4.69, 9.17) is 4.74 Å². The first-order valence-corrected chi connectivity index (χ1v) is 12.1. The summed E-state index contributed by atoms with van der Waals surface area (Å²) in [6.45, 7) is 2.10. The fraction of sp³-hybridized carbons (Fsp3) is 0.720. The lowest BCUT2D eigenvalue weighted by Crippen LogP contribution is -2.57. The van der Waals surface area contributed by atoms with Gasteiger partial charge in [0.15, 0.2) is 5.96 Å². The molecule has 0 aliphatic carbocycles. The van der Waals surface area contributed by atoms with Gasteiger partial charge in [-0.1, -0.05) is 18.6 Å². The summed E-state index contributed by atoms with van der Waals surface area (Å²) in [4.78, 5) is 9.70. The van der Waals surface area contributed by atoms with Gasteiger partial charge >= 0.3 is 0 Å². The Morgan fingerprint density at radius 3 is 2.38 bits per heavy atom. The molecule has 32 heavy (non-hydrogen) atoms. The van der Waals surface area contributed by atoms with Crippen molar-refractivity contribution in [3.05, 3.63) is 29.8 Å². The minimum absolute atomic E-state index is 0. The van der Waals surface area contributed by atoms with Crippen molar-refractivity contribution in [3.8, 4) is 5.75 Å². The zero-order valence-corrected chi connectivity index (χ0v) is 22.5. The standard InChI is InChI=1S/C25H41N5O.HI/c1-26-25(28-20-15-21-8-5-9-22(16-20)30(21)3)27-17-19-7-6-14-29(2)24(19)18-10-12-23(31-4)13-11-18;/h10-13,19-22,24H,5-9,14-17H2,1-4H3,(H2,26,27,28);1H. The zero-order valence-electron chi connectivity index (χ0n) is 20.2. The maximum Gasteiger partial charge on any atom is 0.191 e. The monoisotopic (exact) mass is 555 g/mol.